The van der Waals surface area contributed by atoms with Gasteiger partial charge in [0.1, 0.15) is 0 Å². The minimum atomic E-state index is -0.106. The van der Waals surface area contributed by atoms with E-state index in [0.29, 0.717) is 0 Å². The fraction of sp³-hybridized carbons (Fsp3) is 1.00. The standard InChI is InChI=1S/3C12H23P.2ClH.Pd/c3*1-3-7-11(8-4-1)13-12-9-5-2-6-10-12;;;/h3*11-13H,1-10H2;2*1H;/q;;;;;+2/p-2. The molecule has 6 heteroatoms. The molecule has 6 fully saturated rings. The third kappa shape index (κ3) is 18.8. The van der Waals surface area contributed by atoms with E-state index in [4.69, 9.17) is 19.1 Å². The number of rotatable bonds is 6. The van der Waals surface area contributed by atoms with Crippen LogP contribution in [0.1, 0.15) is 193 Å². The Morgan fingerprint density at radius 1 is 0.262 bits per heavy atom. The van der Waals surface area contributed by atoms with Gasteiger partial charge in [-0.2, -0.15) is 0 Å². The Balaban J connectivity index is 0.000000165. The summed E-state index contributed by atoms with van der Waals surface area (Å²) in [7, 11) is 13.6. The van der Waals surface area contributed by atoms with Crippen molar-refractivity contribution in [3.05, 3.63) is 0 Å². The first kappa shape index (κ1) is 39.0. The number of hydrogen-bond acceptors (Lipinski definition) is 0. The topological polar surface area (TPSA) is 0 Å². The zero-order chi connectivity index (χ0) is 29.5. The van der Waals surface area contributed by atoms with Crippen LogP contribution < -0.4 is 0 Å². The molecule has 0 aliphatic heterocycles. The van der Waals surface area contributed by atoms with Crippen molar-refractivity contribution >= 4 is 44.8 Å². The van der Waals surface area contributed by atoms with Crippen molar-refractivity contribution in [1.29, 1.82) is 0 Å². The maximum atomic E-state index is 4.81. The van der Waals surface area contributed by atoms with Crippen LogP contribution in [0.3, 0.4) is 0 Å². The van der Waals surface area contributed by atoms with E-state index < -0.39 is 0 Å². The van der Waals surface area contributed by atoms with Gasteiger partial charge in [-0.05, 0) is 111 Å². The van der Waals surface area contributed by atoms with Crippen LogP contribution in [-0.4, -0.2) is 34.0 Å². The van der Waals surface area contributed by atoms with Gasteiger partial charge < -0.3 is 0 Å². The molecule has 6 rings (SSSR count). The second-order valence-corrected chi connectivity index (χ2v) is 22.8. The minimum absolute atomic E-state index is 0.106. The van der Waals surface area contributed by atoms with Gasteiger partial charge >= 0.3 is 35.0 Å². The zero-order valence-corrected chi connectivity index (χ0v) is 33.3. The van der Waals surface area contributed by atoms with Gasteiger partial charge in [0.15, 0.2) is 0 Å². The SMILES string of the molecule is C1CCC(PC2CCCCC2)CC1.C1CCC(PC2CCCCC2)CC1.C1CCC(PC2CCCCC2)CC1.[Cl][Pd][Cl]. The zero-order valence-electron chi connectivity index (χ0n) is 27.2. The Morgan fingerprint density at radius 2 is 0.381 bits per heavy atom. The van der Waals surface area contributed by atoms with Crippen molar-refractivity contribution in [3.8, 4) is 0 Å². The fourth-order valence-corrected chi connectivity index (χ4v) is 15.1. The molecule has 6 saturated carbocycles. The Morgan fingerprint density at radius 3 is 0.500 bits per heavy atom. The van der Waals surface area contributed by atoms with Crippen LogP contribution in [0.25, 0.3) is 0 Å². The maximum absolute atomic E-state index is 4.81. The Bertz CT molecular complexity index is 462. The molecule has 0 N–H and O–H groups in total. The summed E-state index contributed by atoms with van der Waals surface area (Å²) in [5, 5.41) is 0. The molecule has 0 aromatic rings. The monoisotopic (exact) mass is 770 g/mol. The van der Waals surface area contributed by atoms with Crippen LogP contribution in [0.5, 0.6) is 0 Å². The molecule has 0 saturated heterocycles. The first-order chi connectivity index (χ1) is 20.8. The van der Waals surface area contributed by atoms with Gasteiger partial charge in [-0.1, -0.05) is 116 Å². The summed E-state index contributed by atoms with van der Waals surface area (Å²) in [6.45, 7) is 0. The van der Waals surface area contributed by atoms with E-state index in [1.54, 1.807) is 77.0 Å². The van der Waals surface area contributed by atoms with Crippen LogP contribution >= 0.6 is 44.8 Å². The molecule has 252 valence electrons. The van der Waals surface area contributed by atoms with Crippen molar-refractivity contribution in [2.75, 3.05) is 0 Å². The number of halogens is 2. The van der Waals surface area contributed by atoms with Gasteiger partial charge in [0, 0.05) is 0 Å². The van der Waals surface area contributed by atoms with Crippen LogP contribution in [-0.2, 0) is 15.9 Å². The second kappa shape index (κ2) is 26.5. The summed E-state index contributed by atoms with van der Waals surface area (Å²) in [4.78, 5) is 0. The summed E-state index contributed by atoms with van der Waals surface area (Å²) < 4.78 is 0. The molecule has 6 aliphatic rings. The van der Waals surface area contributed by atoms with E-state index in [-0.39, 0.29) is 15.9 Å². The normalized spacial score (nSPS) is 26.2. The summed E-state index contributed by atoms with van der Waals surface area (Å²) >= 11 is -0.106. The van der Waals surface area contributed by atoms with Crippen molar-refractivity contribution < 1.29 is 15.9 Å². The van der Waals surface area contributed by atoms with Crippen LogP contribution in [0.2, 0.25) is 0 Å². The average Bonchev–Trinajstić information content (AvgIpc) is 3.05. The average molecular weight is 772 g/mol. The first-order valence-corrected chi connectivity index (χ1v) is 26.3. The molecule has 0 atom stereocenters. The van der Waals surface area contributed by atoms with Gasteiger partial charge in [-0.3, -0.25) is 0 Å². The molecule has 0 radical (unpaired) electrons. The van der Waals surface area contributed by atoms with E-state index >= 15 is 0 Å². The molecule has 0 bridgehead atoms. The number of hydrogen-bond donors (Lipinski definition) is 0. The Kier molecular flexibility index (Phi) is 24.6. The summed E-state index contributed by atoms with van der Waals surface area (Å²) in [6.07, 6.45) is 46.3. The molecular formula is C36H69Cl2P3Pd. The molecule has 0 aromatic heterocycles. The van der Waals surface area contributed by atoms with Gasteiger partial charge in [0.2, 0.25) is 0 Å². The van der Waals surface area contributed by atoms with Gasteiger partial charge in [-0.25, -0.2) is 0 Å². The summed E-state index contributed by atoms with van der Waals surface area (Å²) in [5.74, 6) is 0. The van der Waals surface area contributed by atoms with Crippen molar-refractivity contribution in [3.63, 3.8) is 0 Å². The van der Waals surface area contributed by atoms with Crippen molar-refractivity contribution in [2.45, 2.75) is 227 Å². The van der Waals surface area contributed by atoms with E-state index in [1.807, 2.05) is 0 Å². The van der Waals surface area contributed by atoms with E-state index in [0.717, 1.165) is 34.0 Å². The summed E-state index contributed by atoms with van der Waals surface area (Å²) in [6, 6.07) is 0. The van der Waals surface area contributed by atoms with Crippen molar-refractivity contribution in [2.24, 2.45) is 0 Å². The molecule has 0 amide bonds. The van der Waals surface area contributed by atoms with E-state index in [2.05, 4.69) is 0 Å². The van der Waals surface area contributed by atoms with Gasteiger partial charge in [-0.15, -0.1) is 25.7 Å². The Hall–Kier alpha value is 2.53. The van der Waals surface area contributed by atoms with Gasteiger partial charge in [0.25, 0.3) is 0 Å². The van der Waals surface area contributed by atoms with Crippen LogP contribution in [0, 0.1) is 0 Å². The van der Waals surface area contributed by atoms with Crippen molar-refractivity contribution in [1.82, 2.24) is 0 Å². The fourth-order valence-electron chi connectivity index (χ4n) is 8.62. The molecule has 0 heterocycles. The van der Waals surface area contributed by atoms with Crippen LogP contribution in [0.15, 0.2) is 0 Å². The van der Waals surface area contributed by atoms with E-state index in [1.165, 1.54) is 141 Å². The van der Waals surface area contributed by atoms with Gasteiger partial charge in [0.05, 0.1) is 0 Å². The Labute approximate surface area is 285 Å². The predicted octanol–water partition coefficient (Wildman–Crippen LogP) is 14.4. The predicted molar refractivity (Wildman–Crippen MR) is 198 cm³/mol. The molecule has 0 aromatic carbocycles. The first-order valence-electron chi connectivity index (χ1n) is 18.9. The molecule has 6 aliphatic carbocycles. The molecular weight excluding hydrogens is 703 g/mol. The van der Waals surface area contributed by atoms with Crippen LogP contribution in [0.4, 0.5) is 0 Å². The second-order valence-electron chi connectivity index (χ2n) is 14.6. The third-order valence-corrected chi connectivity index (χ3v) is 17.3. The molecule has 0 nitrogen and oxygen atoms in total. The molecule has 42 heavy (non-hydrogen) atoms. The quantitative estimate of drug-likeness (QED) is 0.186. The molecule has 0 spiro atoms. The third-order valence-electron chi connectivity index (χ3n) is 11.0. The summed E-state index contributed by atoms with van der Waals surface area (Å²) in [5.41, 5.74) is 6.90. The van der Waals surface area contributed by atoms with E-state index in [9.17, 15) is 0 Å². The molecule has 0 unspecified atom stereocenters.